The van der Waals surface area contributed by atoms with Crippen molar-refractivity contribution in [3.8, 4) is 0 Å². The van der Waals surface area contributed by atoms with Gasteiger partial charge in [0.1, 0.15) is 11.7 Å². The highest BCUT2D eigenvalue weighted by atomic mass is 16.1. The Labute approximate surface area is 201 Å². The summed E-state index contributed by atoms with van der Waals surface area (Å²) in [4.78, 5) is 41.5. The number of rotatable bonds is 6. The molecule has 8 nitrogen and oxygen atoms in total. The van der Waals surface area contributed by atoms with Gasteiger partial charge in [-0.2, -0.15) is 0 Å². The Morgan fingerprint density at radius 1 is 0.676 bits per heavy atom. The molecule has 3 aliphatic heterocycles. The smallest absolute Gasteiger partial charge is 0.175 e. The first-order valence-electron chi connectivity index (χ1n) is 13.0. The van der Waals surface area contributed by atoms with Crippen LogP contribution in [-0.4, -0.2) is 85.4 Å². The predicted octanol–water partition coefficient (Wildman–Crippen LogP) is 2.17. The molecule has 0 bridgehead atoms. The van der Waals surface area contributed by atoms with E-state index in [1.165, 1.54) is 38.5 Å². The Balaban J connectivity index is 1.35. The van der Waals surface area contributed by atoms with Gasteiger partial charge in [-0.25, -0.2) is 0 Å². The van der Waals surface area contributed by atoms with Crippen LogP contribution in [-0.2, 0) is 0 Å². The van der Waals surface area contributed by atoms with Crippen molar-refractivity contribution >= 4 is 23.2 Å². The predicted molar refractivity (Wildman–Crippen MR) is 134 cm³/mol. The van der Waals surface area contributed by atoms with Gasteiger partial charge >= 0.3 is 0 Å². The molecule has 3 heterocycles. The summed E-state index contributed by atoms with van der Waals surface area (Å²) in [6, 6.07) is 7.15. The van der Waals surface area contributed by atoms with E-state index in [1.54, 1.807) is 12.1 Å². The number of Topliss-reactive ketones (excluding diaryl/α,β-unsaturated/α-hetero) is 2. The molecule has 182 valence electrons. The van der Waals surface area contributed by atoms with Crippen molar-refractivity contribution < 1.29 is 9.59 Å². The molecule has 5 rings (SSSR count). The minimum absolute atomic E-state index is 0.0466. The lowest BCUT2D eigenvalue weighted by atomic mass is 9.72. The monoisotopic (exact) mass is 464 g/mol. The van der Waals surface area contributed by atoms with Crippen molar-refractivity contribution in [3.63, 3.8) is 0 Å². The van der Waals surface area contributed by atoms with E-state index in [2.05, 4.69) is 20.7 Å². The van der Waals surface area contributed by atoms with Crippen LogP contribution >= 0.6 is 0 Å². The highest BCUT2D eigenvalue weighted by Gasteiger charge is 2.49. The minimum Gasteiger partial charge on any atom is -0.301 e. The van der Waals surface area contributed by atoms with Crippen molar-refractivity contribution in [3.05, 3.63) is 35.4 Å². The molecule has 3 saturated heterocycles. The van der Waals surface area contributed by atoms with Gasteiger partial charge < -0.3 is 9.80 Å². The second-order valence-electron chi connectivity index (χ2n) is 9.82. The Morgan fingerprint density at radius 3 is 1.50 bits per heavy atom. The highest BCUT2D eigenvalue weighted by molar-refractivity contribution is 6.30. The number of amidine groups is 2. The maximum Gasteiger partial charge on any atom is 0.175 e. The number of benzene rings is 1. The molecule has 2 atom stereocenters. The number of ketones is 2. The van der Waals surface area contributed by atoms with Crippen LogP contribution in [0.4, 0.5) is 0 Å². The summed E-state index contributed by atoms with van der Waals surface area (Å²) >= 11 is 0. The van der Waals surface area contributed by atoms with Gasteiger partial charge in [-0.3, -0.25) is 30.4 Å². The van der Waals surface area contributed by atoms with Gasteiger partial charge in [0, 0.05) is 24.2 Å². The molecule has 2 N–H and O–H groups in total. The van der Waals surface area contributed by atoms with E-state index >= 15 is 0 Å². The third-order valence-electron chi connectivity index (χ3n) is 7.56. The highest BCUT2D eigenvalue weighted by Crippen LogP contribution is 2.33. The molecular weight excluding hydrogens is 428 g/mol. The maximum absolute atomic E-state index is 13.6. The fourth-order valence-corrected chi connectivity index (χ4v) is 5.66. The number of nitrogens with one attached hydrogen (secondary N) is 2. The zero-order valence-electron chi connectivity index (χ0n) is 20.0. The molecule has 0 spiro atoms. The molecule has 8 heteroatoms. The number of hydrogen-bond acceptors (Lipinski definition) is 6. The molecule has 1 aliphatic carbocycles. The largest absolute Gasteiger partial charge is 0.301 e. The Morgan fingerprint density at radius 2 is 1.09 bits per heavy atom. The average Bonchev–Trinajstić information content (AvgIpc) is 2.89. The summed E-state index contributed by atoms with van der Waals surface area (Å²) in [6.45, 7) is 7.41. The van der Waals surface area contributed by atoms with Gasteiger partial charge in [-0.05, 0) is 51.9 Å². The van der Waals surface area contributed by atoms with Crippen LogP contribution in [0, 0.1) is 11.8 Å². The first-order valence-corrected chi connectivity index (χ1v) is 13.0. The number of hydrazine groups is 1. The Hall–Kier alpha value is -2.58. The van der Waals surface area contributed by atoms with E-state index < -0.39 is 11.8 Å². The summed E-state index contributed by atoms with van der Waals surface area (Å²) in [7, 11) is 0. The van der Waals surface area contributed by atoms with Gasteiger partial charge in [0.05, 0.1) is 24.9 Å². The third-order valence-corrected chi connectivity index (χ3v) is 7.56. The van der Waals surface area contributed by atoms with E-state index in [4.69, 9.17) is 9.98 Å². The number of nitrogens with zero attached hydrogens (tertiary/aromatic N) is 4. The number of hydrogen-bond donors (Lipinski definition) is 2. The number of fused-ring (bicyclic) bond motifs is 2. The molecule has 3 fully saturated rings. The molecular formula is C26H36N6O2. The second-order valence-corrected chi connectivity index (χ2v) is 9.82. The summed E-state index contributed by atoms with van der Waals surface area (Å²) < 4.78 is 0. The summed E-state index contributed by atoms with van der Waals surface area (Å²) in [5.41, 5.74) is 7.27. The van der Waals surface area contributed by atoms with Crippen LogP contribution in [0.3, 0.4) is 0 Å². The standard InChI is InChI=1S/C26H36N6O2/c33-23-19-9-3-4-10-20(19)24(34)22-21(23)25(27-11-17-31-13-5-1-6-14-31)29-30-26(22)28-12-18-32-15-7-2-8-16-32/h3-4,9-10,21-22H,1-2,5-8,11-18H2,(H,27,29)(H,28,30). The van der Waals surface area contributed by atoms with Crippen LogP contribution in [0.1, 0.15) is 59.2 Å². The van der Waals surface area contributed by atoms with Crippen molar-refractivity contribution in [2.75, 3.05) is 52.4 Å². The van der Waals surface area contributed by atoms with Crippen molar-refractivity contribution in [2.24, 2.45) is 21.8 Å². The van der Waals surface area contributed by atoms with E-state index in [0.29, 0.717) is 35.9 Å². The van der Waals surface area contributed by atoms with Crippen LogP contribution in [0.2, 0.25) is 0 Å². The van der Waals surface area contributed by atoms with E-state index in [-0.39, 0.29) is 11.6 Å². The minimum atomic E-state index is -0.640. The molecule has 4 aliphatic rings. The normalized spacial score (nSPS) is 28.4. The van der Waals surface area contributed by atoms with E-state index in [0.717, 1.165) is 39.3 Å². The first-order chi connectivity index (χ1) is 16.7. The van der Waals surface area contributed by atoms with Gasteiger partial charge in [0.15, 0.2) is 11.6 Å². The Bertz CT molecular complexity index is 885. The zero-order valence-corrected chi connectivity index (χ0v) is 20.0. The van der Waals surface area contributed by atoms with E-state index in [1.807, 2.05) is 12.1 Å². The number of carbonyl (C=O) groups is 2. The molecule has 0 radical (unpaired) electrons. The Kier molecular flexibility index (Phi) is 7.35. The van der Waals surface area contributed by atoms with Crippen LogP contribution in [0.15, 0.2) is 34.3 Å². The summed E-state index contributed by atoms with van der Waals surface area (Å²) in [5, 5.41) is 0. The van der Waals surface area contributed by atoms with Crippen molar-refractivity contribution in [1.29, 1.82) is 0 Å². The van der Waals surface area contributed by atoms with Crippen molar-refractivity contribution in [1.82, 2.24) is 20.7 Å². The first kappa shape index (κ1) is 23.2. The average molecular weight is 465 g/mol. The maximum atomic E-state index is 13.6. The van der Waals surface area contributed by atoms with Crippen LogP contribution < -0.4 is 10.9 Å². The fraction of sp³-hybridized carbons (Fsp3) is 0.615. The summed E-state index contributed by atoms with van der Waals surface area (Å²) in [5.74, 6) is -0.253. The molecule has 1 aromatic carbocycles. The molecule has 0 amide bonds. The number of aliphatic imine (C=N–C) groups is 2. The third kappa shape index (κ3) is 4.93. The molecule has 2 unspecified atom stereocenters. The molecule has 1 aromatic rings. The number of carbonyl (C=O) groups excluding carboxylic acids is 2. The molecule has 0 aromatic heterocycles. The lowest BCUT2D eigenvalue weighted by molar-refractivity contribution is 0.0815. The van der Waals surface area contributed by atoms with Gasteiger partial charge in [-0.15, -0.1) is 0 Å². The van der Waals surface area contributed by atoms with Gasteiger partial charge in [-0.1, -0.05) is 37.1 Å². The SMILES string of the molecule is O=C1c2ccccc2C(=O)C2C(=NCCN3CCCCC3)NNC(=NCCN3CCCCC3)C12. The van der Waals surface area contributed by atoms with Gasteiger partial charge in [0.25, 0.3) is 0 Å². The number of likely N-dealkylation sites (tertiary alicyclic amines) is 2. The molecule has 0 saturated carbocycles. The van der Waals surface area contributed by atoms with Crippen LogP contribution in [0.25, 0.3) is 0 Å². The lowest BCUT2D eigenvalue weighted by Crippen LogP contribution is -2.62. The van der Waals surface area contributed by atoms with Crippen molar-refractivity contribution in [2.45, 2.75) is 38.5 Å². The number of piperidine rings is 2. The van der Waals surface area contributed by atoms with Gasteiger partial charge in [0.2, 0.25) is 0 Å². The zero-order chi connectivity index (χ0) is 23.3. The van der Waals surface area contributed by atoms with E-state index in [9.17, 15) is 9.59 Å². The quantitative estimate of drug-likeness (QED) is 0.671. The topological polar surface area (TPSA) is 89.4 Å². The summed E-state index contributed by atoms with van der Waals surface area (Å²) in [6.07, 6.45) is 7.56. The fourth-order valence-electron chi connectivity index (χ4n) is 5.66. The lowest BCUT2D eigenvalue weighted by Gasteiger charge is -2.37. The molecule has 34 heavy (non-hydrogen) atoms. The second kappa shape index (κ2) is 10.8. The van der Waals surface area contributed by atoms with Crippen LogP contribution in [0.5, 0.6) is 0 Å².